The Kier molecular flexibility index (Phi) is 2.32. The minimum atomic E-state index is 0.616. The van der Waals surface area contributed by atoms with Crippen LogP contribution in [0.5, 0.6) is 0 Å². The molecule has 1 N–H and O–H groups in total. The van der Waals surface area contributed by atoms with Gasteiger partial charge in [0.15, 0.2) is 0 Å². The minimum absolute atomic E-state index is 0.616. The van der Waals surface area contributed by atoms with Gasteiger partial charge in [0.1, 0.15) is 0 Å². The largest absolute Gasteiger partial charge is 0.358 e. The molecule has 1 atom stereocenters. The molecule has 0 spiro atoms. The molecule has 2 aromatic rings. The first kappa shape index (κ1) is 9.71. The van der Waals surface area contributed by atoms with Crippen molar-refractivity contribution in [2.45, 2.75) is 32.1 Å². The van der Waals surface area contributed by atoms with Crippen molar-refractivity contribution in [3.05, 3.63) is 47.7 Å². The lowest BCUT2D eigenvalue weighted by Crippen LogP contribution is -2.00. The first-order valence-corrected chi connectivity index (χ1v) is 6.10. The van der Waals surface area contributed by atoms with Crippen LogP contribution in [0.2, 0.25) is 0 Å². The van der Waals surface area contributed by atoms with E-state index >= 15 is 0 Å². The van der Waals surface area contributed by atoms with Crippen LogP contribution in [-0.4, -0.2) is 4.98 Å². The standard InChI is InChI=1S/C15H17N/c1-11-15(12-7-3-2-4-8-12)13-9-5-6-10-14(13)16-11/h3,5-7,9-10,12,16H,2,4,8H2,1H3. The van der Waals surface area contributed by atoms with E-state index in [0.29, 0.717) is 5.92 Å². The molecule has 3 rings (SSSR count). The summed E-state index contributed by atoms with van der Waals surface area (Å²) in [6.45, 7) is 2.19. The first-order valence-electron chi connectivity index (χ1n) is 6.10. The summed E-state index contributed by atoms with van der Waals surface area (Å²) in [7, 11) is 0. The summed E-state index contributed by atoms with van der Waals surface area (Å²) in [5, 5.41) is 1.40. The Labute approximate surface area is 96.2 Å². The van der Waals surface area contributed by atoms with Gasteiger partial charge in [0, 0.05) is 22.5 Å². The third-order valence-corrected chi connectivity index (χ3v) is 3.57. The maximum Gasteiger partial charge on any atom is 0.0459 e. The van der Waals surface area contributed by atoms with E-state index in [2.05, 4.69) is 48.3 Å². The predicted molar refractivity (Wildman–Crippen MR) is 68.8 cm³/mol. The first-order chi connectivity index (χ1) is 7.86. The van der Waals surface area contributed by atoms with Crippen molar-refractivity contribution < 1.29 is 0 Å². The summed E-state index contributed by atoms with van der Waals surface area (Å²) in [4.78, 5) is 3.49. The van der Waals surface area contributed by atoms with Crippen LogP contribution in [0.3, 0.4) is 0 Å². The number of para-hydroxylation sites is 1. The molecule has 1 nitrogen and oxygen atoms in total. The van der Waals surface area contributed by atoms with E-state index in [0.717, 1.165) is 0 Å². The van der Waals surface area contributed by atoms with E-state index in [9.17, 15) is 0 Å². The highest BCUT2D eigenvalue weighted by molar-refractivity contribution is 5.85. The van der Waals surface area contributed by atoms with Crippen LogP contribution in [-0.2, 0) is 0 Å². The second kappa shape index (κ2) is 3.82. The fraction of sp³-hybridized carbons (Fsp3) is 0.333. The van der Waals surface area contributed by atoms with E-state index in [4.69, 9.17) is 0 Å². The average molecular weight is 211 g/mol. The second-order valence-electron chi connectivity index (χ2n) is 4.67. The third kappa shape index (κ3) is 1.47. The zero-order valence-electron chi connectivity index (χ0n) is 9.66. The fourth-order valence-electron chi connectivity index (χ4n) is 2.83. The van der Waals surface area contributed by atoms with Gasteiger partial charge in [0.25, 0.3) is 0 Å². The Hall–Kier alpha value is -1.50. The number of aromatic nitrogens is 1. The highest BCUT2D eigenvalue weighted by atomic mass is 14.7. The Morgan fingerprint density at radius 2 is 2.12 bits per heavy atom. The second-order valence-corrected chi connectivity index (χ2v) is 4.67. The summed E-state index contributed by atoms with van der Waals surface area (Å²) >= 11 is 0. The van der Waals surface area contributed by atoms with Gasteiger partial charge in [0.2, 0.25) is 0 Å². The van der Waals surface area contributed by atoms with Gasteiger partial charge in [0.05, 0.1) is 0 Å². The van der Waals surface area contributed by atoms with E-state index in [1.807, 2.05) is 0 Å². The van der Waals surface area contributed by atoms with Crippen LogP contribution in [0.25, 0.3) is 10.9 Å². The van der Waals surface area contributed by atoms with E-state index < -0.39 is 0 Å². The lowest BCUT2D eigenvalue weighted by atomic mass is 9.88. The number of fused-ring (bicyclic) bond motifs is 1. The Balaban J connectivity index is 2.17. The molecule has 0 bridgehead atoms. The van der Waals surface area contributed by atoms with Crippen molar-refractivity contribution in [2.75, 3.05) is 0 Å². The highest BCUT2D eigenvalue weighted by Gasteiger charge is 2.17. The minimum Gasteiger partial charge on any atom is -0.358 e. The van der Waals surface area contributed by atoms with Gasteiger partial charge in [-0.3, -0.25) is 0 Å². The van der Waals surface area contributed by atoms with Crippen molar-refractivity contribution in [3.63, 3.8) is 0 Å². The zero-order valence-corrected chi connectivity index (χ0v) is 9.66. The molecule has 0 aliphatic heterocycles. The van der Waals surface area contributed by atoms with Crippen LogP contribution in [0, 0.1) is 6.92 Å². The number of benzene rings is 1. The molecule has 0 amide bonds. The number of hydrogen-bond acceptors (Lipinski definition) is 0. The van der Waals surface area contributed by atoms with Gasteiger partial charge < -0.3 is 4.98 Å². The number of rotatable bonds is 1. The summed E-state index contributed by atoms with van der Waals surface area (Å²) < 4.78 is 0. The number of nitrogens with one attached hydrogen (secondary N) is 1. The smallest absolute Gasteiger partial charge is 0.0459 e. The monoisotopic (exact) mass is 211 g/mol. The molecule has 1 aliphatic rings. The van der Waals surface area contributed by atoms with Crippen molar-refractivity contribution in [1.82, 2.24) is 4.98 Å². The van der Waals surface area contributed by atoms with E-state index in [1.165, 1.54) is 41.4 Å². The van der Waals surface area contributed by atoms with Crippen LogP contribution in [0.15, 0.2) is 36.4 Å². The molecule has 1 heterocycles. The quantitative estimate of drug-likeness (QED) is 0.677. The maximum atomic E-state index is 3.49. The summed E-state index contributed by atoms with van der Waals surface area (Å²) in [6, 6.07) is 8.62. The maximum absolute atomic E-state index is 3.49. The van der Waals surface area contributed by atoms with Crippen molar-refractivity contribution in [1.29, 1.82) is 0 Å². The molecule has 82 valence electrons. The molecule has 0 saturated carbocycles. The molecule has 1 aliphatic carbocycles. The number of hydrogen-bond donors (Lipinski definition) is 1. The van der Waals surface area contributed by atoms with Gasteiger partial charge in [-0.25, -0.2) is 0 Å². The van der Waals surface area contributed by atoms with Crippen LogP contribution >= 0.6 is 0 Å². The normalized spacial score (nSPS) is 20.4. The van der Waals surface area contributed by atoms with Crippen LogP contribution < -0.4 is 0 Å². The fourth-order valence-corrected chi connectivity index (χ4v) is 2.83. The van der Waals surface area contributed by atoms with Crippen LogP contribution in [0.1, 0.15) is 36.4 Å². The molecular weight excluding hydrogens is 194 g/mol. The lowest BCUT2D eigenvalue weighted by Gasteiger charge is -2.16. The predicted octanol–water partition coefficient (Wildman–Crippen LogP) is 4.30. The Morgan fingerprint density at radius 3 is 2.94 bits per heavy atom. The summed E-state index contributed by atoms with van der Waals surface area (Å²) in [5.41, 5.74) is 4.11. The van der Waals surface area contributed by atoms with Gasteiger partial charge in [-0.1, -0.05) is 30.4 Å². The van der Waals surface area contributed by atoms with Gasteiger partial charge in [-0.15, -0.1) is 0 Å². The Morgan fingerprint density at radius 1 is 1.25 bits per heavy atom. The van der Waals surface area contributed by atoms with Crippen molar-refractivity contribution >= 4 is 10.9 Å². The molecule has 1 unspecified atom stereocenters. The Bertz CT molecular complexity index is 533. The van der Waals surface area contributed by atoms with Crippen LogP contribution in [0.4, 0.5) is 0 Å². The topological polar surface area (TPSA) is 15.8 Å². The SMILES string of the molecule is Cc1[nH]c2ccccc2c1C1C=CCCC1. The van der Waals surface area contributed by atoms with Gasteiger partial charge in [-0.05, 0) is 37.8 Å². The molecule has 0 saturated heterocycles. The molecule has 1 heteroatoms. The number of aryl methyl sites for hydroxylation is 1. The van der Waals surface area contributed by atoms with E-state index in [1.54, 1.807) is 0 Å². The van der Waals surface area contributed by atoms with Crippen molar-refractivity contribution in [2.24, 2.45) is 0 Å². The van der Waals surface area contributed by atoms with Gasteiger partial charge >= 0.3 is 0 Å². The molecule has 1 aromatic heterocycles. The zero-order chi connectivity index (χ0) is 11.0. The molecule has 1 aromatic carbocycles. The average Bonchev–Trinajstić information content (AvgIpc) is 2.66. The number of allylic oxidation sites excluding steroid dienone is 2. The van der Waals surface area contributed by atoms with Gasteiger partial charge in [-0.2, -0.15) is 0 Å². The molecule has 16 heavy (non-hydrogen) atoms. The lowest BCUT2D eigenvalue weighted by molar-refractivity contribution is 0.655. The molecule has 0 radical (unpaired) electrons. The van der Waals surface area contributed by atoms with E-state index in [-0.39, 0.29) is 0 Å². The molecule has 0 fully saturated rings. The number of H-pyrrole nitrogens is 1. The molecular formula is C15H17N. The highest BCUT2D eigenvalue weighted by Crippen LogP contribution is 2.34. The summed E-state index contributed by atoms with van der Waals surface area (Å²) in [5.74, 6) is 0.616. The number of aromatic amines is 1. The summed E-state index contributed by atoms with van der Waals surface area (Å²) in [6.07, 6.45) is 8.57. The third-order valence-electron chi connectivity index (χ3n) is 3.57. The van der Waals surface area contributed by atoms with Crippen molar-refractivity contribution in [3.8, 4) is 0 Å².